The maximum atomic E-state index is 11.7. The highest BCUT2D eigenvalue weighted by Crippen LogP contribution is 2.09. The van der Waals surface area contributed by atoms with E-state index in [1.165, 1.54) is 0 Å². The fourth-order valence-corrected chi connectivity index (χ4v) is 2.75. The average Bonchev–Trinajstić information content (AvgIpc) is 2.76. The summed E-state index contributed by atoms with van der Waals surface area (Å²) in [6.07, 6.45) is 1.12. The van der Waals surface area contributed by atoms with E-state index < -0.39 is 0 Å². The molecule has 1 aromatic rings. The maximum Gasteiger partial charge on any atom is 0.228 e. The number of hydrogen-bond acceptors (Lipinski definition) is 6. The zero-order chi connectivity index (χ0) is 12.8. The van der Waals surface area contributed by atoms with E-state index in [4.69, 9.17) is 4.52 Å². The zero-order valence-corrected chi connectivity index (χ0v) is 12.5. The van der Waals surface area contributed by atoms with E-state index in [1.807, 2.05) is 11.8 Å². The first kappa shape index (κ1) is 16.3. The average molecular weight is 307 g/mol. The number of nitrogens with one attached hydrogen (secondary N) is 2. The highest BCUT2D eigenvalue weighted by Gasteiger charge is 2.16. The van der Waals surface area contributed by atoms with Gasteiger partial charge in [-0.05, 0) is 6.92 Å². The van der Waals surface area contributed by atoms with Gasteiger partial charge in [0.2, 0.25) is 11.8 Å². The summed E-state index contributed by atoms with van der Waals surface area (Å²) >= 11 is 1.89. The number of nitrogens with zero attached hydrogens (tertiary/aromatic N) is 2. The molecule has 108 valence electrons. The van der Waals surface area contributed by atoms with Crippen molar-refractivity contribution in [3.63, 3.8) is 0 Å². The molecule has 1 unspecified atom stereocenters. The topological polar surface area (TPSA) is 80.0 Å². The first-order valence-corrected chi connectivity index (χ1v) is 7.26. The predicted molar refractivity (Wildman–Crippen MR) is 76.7 cm³/mol. The van der Waals surface area contributed by atoms with Crippen LogP contribution in [0.5, 0.6) is 0 Å². The van der Waals surface area contributed by atoms with Gasteiger partial charge in [0, 0.05) is 43.5 Å². The minimum Gasteiger partial charge on any atom is -0.356 e. The first-order chi connectivity index (χ1) is 8.74. The SMILES string of the molecule is Cc1noc(CCNC(=O)CC2CSCCN2)n1.Cl. The fraction of sp³-hybridized carbons (Fsp3) is 0.727. The highest BCUT2D eigenvalue weighted by molar-refractivity contribution is 7.99. The van der Waals surface area contributed by atoms with Crippen LogP contribution in [0.15, 0.2) is 4.52 Å². The molecule has 0 radical (unpaired) electrons. The molecule has 0 spiro atoms. The third kappa shape index (κ3) is 5.80. The number of amides is 1. The molecule has 2 N–H and O–H groups in total. The molecule has 1 fully saturated rings. The number of carbonyl (C=O) groups is 1. The number of halogens is 1. The van der Waals surface area contributed by atoms with Gasteiger partial charge in [0.1, 0.15) is 0 Å². The summed E-state index contributed by atoms with van der Waals surface area (Å²) in [5, 5.41) is 9.91. The van der Waals surface area contributed by atoms with Gasteiger partial charge in [0.25, 0.3) is 0 Å². The van der Waals surface area contributed by atoms with Gasteiger partial charge in [0.05, 0.1) is 0 Å². The van der Waals surface area contributed by atoms with Crippen molar-refractivity contribution in [3.8, 4) is 0 Å². The number of thioether (sulfide) groups is 1. The molecule has 0 saturated carbocycles. The third-order valence-electron chi connectivity index (χ3n) is 2.66. The summed E-state index contributed by atoms with van der Waals surface area (Å²) in [6, 6.07) is 0.300. The summed E-state index contributed by atoms with van der Waals surface area (Å²) in [4.78, 5) is 15.8. The summed E-state index contributed by atoms with van der Waals surface area (Å²) in [5.41, 5.74) is 0. The van der Waals surface area contributed by atoms with E-state index in [0.717, 1.165) is 18.1 Å². The molecule has 1 aliphatic heterocycles. The van der Waals surface area contributed by atoms with Crippen LogP contribution >= 0.6 is 24.2 Å². The van der Waals surface area contributed by atoms with Gasteiger partial charge in [-0.25, -0.2) is 0 Å². The van der Waals surface area contributed by atoms with Crippen LogP contribution < -0.4 is 10.6 Å². The van der Waals surface area contributed by atoms with E-state index in [0.29, 0.717) is 37.1 Å². The molecular formula is C11H19ClN4O2S. The highest BCUT2D eigenvalue weighted by atomic mass is 35.5. The Labute approximate surface area is 122 Å². The van der Waals surface area contributed by atoms with Gasteiger partial charge >= 0.3 is 0 Å². The minimum atomic E-state index is 0. The van der Waals surface area contributed by atoms with Crippen molar-refractivity contribution in [2.75, 3.05) is 24.6 Å². The van der Waals surface area contributed by atoms with Crippen LogP contribution in [0.3, 0.4) is 0 Å². The Kier molecular flexibility index (Phi) is 7.19. The van der Waals surface area contributed by atoms with Crippen LogP contribution in [0, 0.1) is 6.92 Å². The molecule has 0 bridgehead atoms. The van der Waals surface area contributed by atoms with Gasteiger partial charge in [-0.3, -0.25) is 4.79 Å². The predicted octanol–water partition coefficient (Wildman–Crippen LogP) is 0.554. The maximum absolute atomic E-state index is 11.7. The third-order valence-corrected chi connectivity index (χ3v) is 3.79. The Morgan fingerprint density at radius 3 is 3.11 bits per heavy atom. The number of hydrogen-bond donors (Lipinski definition) is 2. The van der Waals surface area contributed by atoms with Gasteiger partial charge in [-0.2, -0.15) is 16.7 Å². The van der Waals surface area contributed by atoms with Crippen LogP contribution in [0.2, 0.25) is 0 Å². The molecule has 19 heavy (non-hydrogen) atoms. The van der Waals surface area contributed by atoms with Crippen molar-refractivity contribution < 1.29 is 9.32 Å². The monoisotopic (exact) mass is 306 g/mol. The van der Waals surface area contributed by atoms with Crippen molar-refractivity contribution in [3.05, 3.63) is 11.7 Å². The molecule has 6 nitrogen and oxygen atoms in total. The molecule has 0 aromatic carbocycles. The van der Waals surface area contributed by atoms with Crippen LogP contribution in [0.25, 0.3) is 0 Å². The molecule has 0 aliphatic carbocycles. The second-order valence-corrected chi connectivity index (χ2v) is 5.42. The van der Waals surface area contributed by atoms with Gasteiger partial charge in [-0.1, -0.05) is 5.16 Å². The second-order valence-electron chi connectivity index (χ2n) is 4.27. The standard InChI is InChI=1S/C11H18N4O2S.ClH/c1-8-14-11(17-15-8)2-3-13-10(16)6-9-7-18-5-4-12-9;/h9,12H,2-7H2,1H3,(H,13,16);1H. The van der Waals surface area contributed by atoms with Crippen LogP contribution in [0.1, 0.15) is 18.1 Å². The molecular weight excluding hydrogens is 288 g/mol. The number of aryl methyl sites for hydroxylation is 1. The van der Waals surface area contributed by atoms with Crippen molar-refractivity contribution in [2.24, 2.45) is 0 Å². The van der Waals surface area contributed by atoms with Crippen LogP contribution in [0.4, 0.5) is 0 Å². The lowest BCUT2D eigenvalue weighted by Gasteiger charge is -2.22. The molecule has 1 aromatic heterocycles. The summed E-state index contributed by atoms with van der Waals surface area (Å²) in [7, 11) is 0. The second kappa shape index (κ2) is 8.39. The lowest BCUT2D eigenvalue weighted by atomic mass is 10.2. The lowest BCUT2D eigenvalue weighted by Crippen LogP contribution is -2.41. The van der Waals surface area contributed by atoms with Gasteiger partial charge in [-0.15, -0.1) is 12.4 Å². The smallest absolute Gasteiger partial charge is 0.228 e. The Morgan fingerprint density at radius 1 is 1.63 bits per heavy atom. The van der Waals surface area contributed by atoms with E-state index in [2.05, 4.69) is 20.8 Å². The Morgan fingerprint density at radius 2 is 2.47 bits per heavy atom. The van der Waals surface area contributed by atoms with Crippen LogP contribution in [-0.2, 0) is 11.2 Å². The number of rotatable bonds is 5. The molecule has 1 aliphatic rings. The van der Waals surface area contributed by atoms with Crippen molar-refractivity contribution in [2.45, 2.75) is 25.8 Å². The number of aromatic nitrogens is 2. The number of carbonyl (C=O) groups excluding carboxylic acids is 1. The van der Waals surface area contributed by atoms with Gasteiger partial charge < -0.3 is 15.2 Å². The lowest BCUT2D eigenvalue weighted by molar-refractivity contribution is -0.121. The van der Waals surface area contributed by atoms with E-state index in [1.54, 1.807) is 6.92 Å². The molecule has 1 amide bonds. The van der Waals surface area contributed by atoms with Crippen LogP contribution in [-0.4, -0.2) is 46.7 Å². The van der Waals surface area contributed by atoms with Crippen molar-refractivity contribution >= 4 is 30.1 Å². The summed E-state index contributed by atoms with van der Waals surface area (Å²) in [5.74, 6) is 3.41. The van der Waals surface area contributed by atoms with E-state index in [-0.39, 0.29) is 18.3 Å². The quantitative estimate of drug-likeness (QED) is 0.827. The summed E-state index contributed by atoms with van der Waals surface area (Å²) in [6.45, 7) is 3.31. The van der Waals surface area contributed by atoms with Gasteiger partial charge in [0.15, 0.2) is 5.82 Å². The Bertz CT molecular complexity index is 396. The molecule has 1 saturated heterocycles. The largest absolute Gasteiger partial charge is 0.356 e. The van der Waals surface area contributed by atoms with Crippen molar-refractivity contribution in [1.82, 2.24) is 20.8 Å². The minimum absolute atomic E-state index is 0. The molecule has 8 heteroatoms. The normalized spacial score (nSPS) is 18.7. The Hall–Kier alpha value is -0.790. The fourth-order valence-electron chi connectivity index (χ4n) is 1.80. The molecule has 1 atom stereocenters. The molecule has 2 heterocycles. The first-order valence-electron chi connectivity index (χ1n) is 6.11. The Balaban J connectivity index is 0.00000180. The van der Waals surface area contributed by atoms with E-state index in [9.17, 15) is 4.79 Å². The summed E-state index contributed by atoms with van der Waals surface area (Å²) < 4.78 is 4.97. The molecule has 2 rings (SSSR count). The van der Waals surface area contributed by atoms with Crippen molar-refractivity contribution in [1.29, 1.82) is 0 Å². The van der Waals surface area contributed by atoms with E-state index >= 15 is 0 Å². The zero-order valence-electron chi connectivity index (χ0n) is 10.8.